The Morgan fingerprint density at radius 3 is 2.76 bits per heavy atom. The lowest BCUT2D eigenvalue weighted by Gasteiger charge is -2.10. The summed E-state index contributed by atoms with van der Waals surface area (Å²) < 4.78 is 1.91. The summed E-state index contributed by atoms with van der Waals surface area (Å²) in [5.41, 5.74) is 2.71. The highest BCUT2D eigenvalue weighted by Crippen LogP contribution is 2.21. The Morgan fingerprint density at radius 1 is 1.07 bits per heavy atom. The van der Waals surface area contributed by atoms with E-state index >= 15 is 0 Å². The van der Waals surface area contributed by atoms with Crippen molar-refractivity contribution in [1.82, 2.24) is 29.7 Å². The second-order valence-corrected chi connectivity index (χ2v) is 6.69. The topological polar surface area (TPSA) is 98.5 Å². The van der Waals surface area contributed by atoms with E-state index in [2.05, 4.69) is 30.5 Å². The first-order valence-corrected chi connectivity index (χ1v) is 9.16. The molecule has 0 saturated heterocycles. The average Bonchev–Trinajstić information content (AvgIpc) is 3.25. The molecule has 4 aromatic rings. The Labute approximate surface area is 167 Å². The lowest BCUT2D eigenvalue weighted by molar-refractivity contribution is 0.102. The van der Waals surface area contributed by atoms with E-state index in [1.807, 2.05) is 36.6 Å². The SMILES string of the molecule is CC(C)n1cnnc1-c1cccc(C(=O)Nc2cc(-c3cccnc3)ccn2)n1. The maximum Gasteiger partial charge on any atom is 0.275 e. The van der Waals surface area contributed by atoms with Gasteiger partial charge in [0.1, 0.15) is 23.5 Å². The predicted molar refractivity (Wildman–Crippen MR) is 109 cm³/mol. The quantitative estimate of drug-likeness (QED) is 0.563. The predicted octanol–water partition coefficient (Wildman–Crippen LogP) is 3.63. The maximum atomic E-state index is 12.7. The molecule has 0 radical (unpaired) electrons. The van der Waals surface area contributed by atoms with Crippen molar-refractivity contribution >= 4 is 11.7 Å². The third kappa shape index (κ3) is 4.01. The van der Waals surface area contributed by atoms with Crippen LogP contribution in [0.15, 0.2) is 67.4 Å². The van der Waals surface area contributed by atoms with Gasteiger partial charge in [0, 0.05) is 30.2 Å². The average molecular weight is 385 g/mol. The van der Waals surface area contributed by atoms with Gasteiger partial charge in [-0.2, -0.15) is 0 Å². The van der Waals surface area contributed by atoms with Gasteiger partial charge in [-0.1, -0.05) is 12.1 Å². The van der Waals surface area contributed by atoms with E-state index in [9.17, 15) is 4.79 Å². The number of rotatable bonds is 5. The van der Waals surface area contributed by atoms with Gasteiger partial charge in [0.25, 0.3) is 5.91 Å². The summed E-state index contributed by atoms with van der Waals surface area (Å²) in [6.45, 7) is 4.06. The van der Waals surface area contributed by atoms with Crippen LogP contribution in [-0.2, 0) is 0 Å². The second-order valence-electron chi connectivity index (χ2n) is 6.69. The molecule has 8 heteroatoms. The molecule has 144 valence electrons. The number of aromatic nitrogens is 6. The maximum absolute atomic E-state index is 12.7. The van der Waals surface area contributed by atoms with E-state index in [1.54, 1.807) is 49.2 Å². The molecular formula is C21H19N7O. The van der Waals surface area contributed by atoms with E-state index in [-0.39, 0.29) is 17.6 Å². The molecule has 4 aromatic heterocycles. The van der Waals surface area contributed by atoms with Gasteiger partial charge < -0.3 is 9.88 Å². The summed E-state index contributed by atoms with van der Waals surface area (Å²) in [6.07, 6.45) is 6.78. The summed E-state index contributed by atoms with van der Waals surface area (Å²) in [7, 11) is 0. The van der Waals surface area contributed by atoms with Crippen molar-refractivity contribution in [2.75, 3.05) is 5.32 Å². The molecule has 1 N–H and O–H groups in total. The summed E-state index contributed by atoms with van der Waals surface area (Å²) in [5, 5.41) is 10.9. The van der Waals surface area contributed by atoms with Crippen molar-refractivity contribution in [2.24, 2.45) is 0 Å². The van der Waals surface area contributed by atoms with Crippen molar-refractivity contribution in [1.29, 1.82) is 0 Å². The number of amides is 1. The summed E-state index contributed by atoms with van der Waals surface area (Å²) in [6, 6.07) is 12.9. The van der Waals surface area contributed by atoms with Crippen LogP contribution in [0, 0.1) is 0 Å². The third-order valence-corrected chi connectivity index (χ3v) is 4.34. The minimum atomic E-state index is -0.349. The van der Waals surface area contributed by atoms with Gasteiger partial charge in [-0.15, -0.1) is 10.2 Å². The molecule has 0 unspecified atom stereocenters. The fourth-order valence-electron chi connectivity index (χ4n) is 2.88. The number of nitrogens with one attached hydrogen (secondary N) is 1. The van der Waals surface area contributed by atoms with Crippen LogP contribution >= 0.6 is 0 Å². The van der Waals surface area contributed by atoms with Gasteiger partial charge in [0.05, 0.1) is 0 Å². The van der Waals surface area contributed by atoms with Crippen LogP contribution in [0.3, 0.4) is 0 Å². The fraction of sp³-hybridized carbons (Fsp3) is 0.143. The summed E-state index contributed by atoms with van der Waals surface area (Å²) in [4.78, 5) is 25.6. The normalized spacial score (nSPS) is 10.9. The fourth-order valence-corrected chi connectivity index (χ4v) is 2.88. The van der Waals surface area contributed by atoms with Gasteiger partial charge >= 0.3 is 0 Å². The molecule has 0 aliphatic heterocycles. The molecule has 4 heterocycles. The molecule has 29 heavy (non-hydrogen) atoms. The molecule has 0 saturated carbocycles. The minimum Gasteiger partial charge on any atom is -0.310 e. The van der Waals surface area contributed by atoms with Crippen molar-refractivity contribution in [3.8, 4) is 22.6 Å². The molecule has 1 amide bonds. The molecule has 0 spiro atoms. The van der Waals surface area contributed by atoms with Crippen molar-refractivity contribution in [3.63, 3.8) is 0 Å². The van der Waals surface area contributed by atoms with E-state index in [0.717, 1.165) is 11.1 Å². The van der Waals surface area contributed by atoms with Crippen LogP contribution in [0.2, 0.25) is 0 Å². The van der Waals surface area contributed by atoms with Crippen LogP contribution in [0.4, 0.5) is 5.82 Å². The number of carbonyl (C=O) groups excluding carboxylic acids is 1. The molecular weight excluding hydrogens is 366 g/mol. The molecule has 8 nitrogen and oxygen atoms in total. The van der Waals surface area contributed by atoms with Gasteiger partial charge in [-0.25, -0.2) is 9.97 Å². The largest absolute Gasteiger partial charge is 0.310 e. The van der Waals surface area contributed by atoms with Gasteiger partial charge in [-0.3, -0.25) is 9.78 Å². The van der Waals surface area contributed by atoms with E-state index < -0.39 is 0 Å². The Morgan fingerprint density at radius 2 is 1.97 bits per heavy atom. The van der Waals surface area contributed by atoms with Crippen LogP contribution in [0.1, 0.15) is 30.4 Å². The van der Waals surface area contributed by atoms with Crippen LogP contribution in [0.5, 0.6) is 0 Å². The highest BCUT2D eigenvalue weighted by Gasteiger charge is 2.15. The van der Waals surface area contributed by atoms with Crippen LogP contribution in [0.25, 0.3) is 22.6 Å². The molecule has 0 fully saturated rings. The van der Waals surface area contributed by atoms with Gasteiger partial charge in [0.2, 0.25) is 0 Å². The Balaban J connectivity index is 1.58. The Kier molecular flexibility index (Phi) is 5.07. The lowest BCUT2D eigenvalue weighted by atomic mass is 10.1. The van der Waals surface area contributed by atoms with E-state index in [4.69, 9.17) is 0 Å². The monoisotopic (exact) mass is 385 g/mol. The molecule has 0 aliphatic rings. The number of anilines is 1. The standard InChI is InChI=1S/C21H19N7O/c1-14(2)28-13-24-27-20(28)17-6-3-7-18(25-17)21(29)26-19-11-15(8-10-23-19)16-5-4-9-22-12-16/h3-14H,1-2H3,(H,23,26,29). The smallest absolute Gasteiger partial charge is 0.275 e. The highest BCUT2D eigenvalue weighted by molar-refractivity contribution is 6.02. The number of hydrogen-bond donors (Lipinski definition) is 1. The molecule has 0 aromatic carbocycles. The van der Waals surface area contributed by atoms with E-state index in [0.29, 0.717) is 17.3 Å². The zero-order valence-corrected chi connectivity index (χ0v) is 16.0. The molecule has 4 rings (SSSR count). The first-order chi connectivity index (χ1) is 14.1. The van der Waals surface area contributed by atoms with Crippen LogP contribution in [-0.4, -0.2) is 35.6 Å². The third-order valence-electron chi connectivity index (χ3n) is 4.34. The minimum absolute atomic E-state index is 0.179. The van der Waals surface area contributed by atoms with Crippen molar-refractivity contribution in [2.45, 2.75) is 19.9 Å². The van der Waals surface area contributed by atoms with Gasteiger partial charge in [0.15, 0.2) is 5.82 Å². The Hall–Kier alpha value is -3.94. The molecule has 0 bridgehead atoms. The van der Waals surface area contributed by atoms with Crippen LogP contribution < -0.4 is 5.32 Å². The zero-order chi connectivity index (χ0) is 20.2. The number of pyridine rings is 3. The highest BCUT2D eigenvalue weighted by atomic mass is 16.1. The van der Waals surface area contributed by atoms with Gasteiger partial charge in [-0.05, 0) is 49.7 Å². The lowest BCUT2D eigenvalue weighted by Crippen LogP contribution is -2.15. The first-order valence-electron chi connectivity index (χ1n) is 9.16. The summed E-state index contributed by atoms with van der Waals surface area (Å²) in [5.74, 6) is 0.707. The summed E-state index contributed by atoms with van der Waals surface area (Å²) >= 11 is 0. The molecule has 0 aliphatic carbocycles. The zero-order valence-electron chi connectivity index (χ0n) is 16.0. The second kappa shape index (κ2) is 7.97. The van der Waals surface area contributed by atoms with Crippen molar-refractivity contribution in [3.05, 3.63) is 73.1 Å². The number of carbonyl (C=O) groups is 1. The van der Waals surface area contributed by atoms with E-state index in [1.165, 1.54) is 0 Å². The number of nitrogens with zero attached hydrogens (tertiary/aromatic N) is 6. The Bertz CT molecular complexity index is 1140. The molecule has 0 atom stereocenters. The first kappa shape index (κ1) is 18.4. The number of hydrogen-bond acceptors (Lipinski definition) is 6. The van der Waals surface area contributed by atoms with Crippen molar-refractivity contribution < 1.29 is 4.79 Å².